The Morgan fingerprint density at radius 2 is 1.76 bits per heavy atom. The van der Waals surface area contributed by atoms with E-state index < -0.39 is 38.0 Å². The van der Waals surface area contributed by atoms with Gasteiger partial charge < -0.3 is 15.1 Å². The number of rotatable bonds is 9. The van der Waals surface area contributed by atoms with Crippen LogP contribution in [0.25, 0.3) is 10.9 Å². The Bertz CT molecular complexity index is 1730. The summed E-state index contributed by atoms with van der Waals surface area (Å²) in [7, 11) is -2.33. The average Bonchev–Trinajstić information content (AvgIpc) is 2.98. The lowest BCUT2D eigenvalue weighted by Crippen LogP contribution is -2.44. The van der Waals surface area contributed by atoms with E-state index in [1.54, 1.807) is 18.2 Å². The maximum absolute atomic E-state index is 13.7. The van der Waals surface area contributed by atoms with Gasteiger partial charge >= 0.3 is 0 Å². The van der Waals surface area contributed by atoms with Crippen LogP contribution in [0.1, 0.15) is 11.1 Å². The minimum absolute atomic E-state index is 0.180. The molecule has 0 unspecified atom stereocenters. The summed E-state index contributed by atoms with van der Waals surface area (Å²) < 4.78 is 28.2. The third-order valence-corrected chi connectivity index (χ3v) is 9.06. The minimum atomic E-state index is -4.43. The summed E-state index contributed by atoms with van der Waals surface area (Å²) in [6, 6.07) is 15.7. The lowest BCUT2D eigenvalue weighted by Gasteiger charge is -2.33. The first kappa shape index (κ1) is 29.0. The molecule has 1 amide bonds. The van der Waals surface area contributed by atoms with Crippen LogP contribution in [0, 0.1) is 17.0 Å². The van der Waals surface area contributed by atoms with Crippen LogP contribution in [0.3, 0.4) is 0 Å². The maximum atomic E-state index is 13.7. The Hall–Kier alpha value is -4.46. The molecular formula is C29H31N7O5S. The average molecular weight is 590 g/mol. The Balaban J connectivity index is 1.39. The molecule has 218 valence electrons. The Morgan fingerprint density at radius 1 is 1.05 bits per heavy atom. The number of piperazine rings is 1. The van der Waals surface area contributed by atoms with Gasteiger partial charge in [-0.1, -0.05) is 12.1 Å². The predicted molar refractivity (Wildman–Crippen MR) is 160 cm³/mol. The van der Waals surface area contributed by atoms with Crippen LogP contribution in [0.5, 0.6) is 0 Å². The van der Waals surface area contributed by atoms with E-state index in [-0.39, 0.29) is 6.54 Å². The summed E-state index contributed by atoms with van der Waals surface area (Å²) in [5.74, 6) is 0.321. The van der Waals surface area contributed by atoms with Crippen LogP contribution in [0.2, 0.25) is 0 Å². The van der Waals surface area contributed by atoms with Crippen molar-refractivity contribution in [1.29, 1.82) is 0 Å². The van der Waals surface area contributed by atoms with Gasteiger partial charge in [-0.3, -0.25) is 19.9 Å². The number of nitro groups is 1. The third-order valence-electron chi connectivity index (χ3n) is 7.22. The van der Waals surface area contributed by atoms with Crippen molar-refractivity contribution < 1.29 is 18.1 Å². The number of fused-ring (bicyclic) bond motifs is 1. The fourth-order valence-electron chi connectivity index (χ4n) is 4.90. The normalized spacial score (nSPS) is 14.3. The van der Waals surface area contributed by atoms with Crippen LogP contribution in [0.4, 0.5) is 17.2 Å². The van der Waals surface area contributed by atoms with Gasteiger partial charge in [0.2, 0.25) is 5.91 Å². The largest absolute Gasteiger partial charge is 0.354 e. The van der Waals surface area contributed by atoms with Crippen LogP contribution in [-0.4, -0.2) is 78.2 Å². The number of nitro benzene ring substituents is 1. The Labute approximate surface area is 243 Å². The van der Waals surface area contributed by atoms with Gasteiger partial charge in [0.25, 0.3) is 15.7 Å². The SMILES string of the molecule is Cc1cc(N2CCN(C)CC2)nc2ccc(NC(=O)CN(Cc3ccncc3)S(=O)(=O)c3ccccc3[N+](=O)[O-])cc12. The second kappa shape index (κ2) is 12.2. The van der Waals surface area contributed by atoms with Crippen molar-refractivity contribution in [2.75, 3.05) is 50.0 Å². The molecule has 12 nitrogen and oxygen atoms in total. The number of para-hydroxylation sites is 1. The summed E-state index contributed by atoms with van der Waals surface area (Å²) >= 11 is 0. The zero-order chi connectivity index (χ0) is 29.9. The molecule has 1 saturated heterocycles. The first-order valence-electron chi connectivity index (χ1n) is 13.4. The van der Waals surface area contributed by atoms with E-state index in [9.17, 15) is 23.3 Å². The number of carbonyl (C=O) groups is 1. The van der Waals surface area contributed by atoms with Crippen molar-refractivity contribution in [2.45, 2.75) is 18.4 Å². The number of sulfonamides is 1. The van der Waals surface area contributed by atoms with Crippen molar-refractivity contribution >= 4 is 44.0 Å². The lowest BCUT2D eigenvalue weighted by atomic mass is 10.1. The highest BCUT2D eigenvalue weighted by Gasteiger charge is 2.33. The summed E-state index contributed by atoms with van der Waals surface area (Å²) in [4.78, 5) is 36.9. The molecule has 0 radical (unpaired) electrons. The number of amides is 1. The van der Waals surface area contributed by atoms with Crippen molar-refractivity contribution in [3.63, 3.8) is 0 Å². The standard InChI is InChI=1S/C29H31N7O5S/c1-21-17-28(34-15-13-33(2)14-16-34)32-25-8-7-23(18-24(21)25)31-29(37)20-35(19-22-9-11-30-12-10-22)42(40,41)27-6-4-3-5-26(27)36(38)39/h3-12,17-18H,13-16,19-20H2,1-2H3,(H,31,37). The number of nitrogens with one attached hydrogen (secondary N) is 1. The molecule has 0 aliphatic carbocycles. The van der Waals surface area contributed by atoms with E-state index in [1.165, 1.54) is 30.6 Å². The molecule has 5 rings (SSSR count). The molecule has 4 aromatic rings. The van der Waals surface area contributed by atoms with E-state index in [4.69, 9.17) is 4.98 Å². The molecule has 1 aliphatic rings. The zero-order valence-electron chi connectivity index (χ0n) is 23.3. The molecule has 0 saturated carbocycles. The van der Waals surface area contributed by atoms with Gasteiger partial charge in [0, 0.05) is 62.3 Å². The second-order valence-corrected chi connectivity index (χ2v) is 12.1. The number of pyridine rings is 2. The molecule has 2 aromatic heterocycles. The number of carbonyl (C=O) groups excluding carboxylic acids is 1. The molecule has 1 N–H and O–H groups in total. The van der Waals surface area contributed by atoms with Gasteiger partial charge in [-0.25, -0.2) is 13.4 Å². The fraction of sp³-hybridized carbons (Fsp3) is 0.276. The van der Waals surface area contributed by atoms with Crippen molar-refractivity contribution in [3.8, 4) is 0 Å². The molecule has 3 heterocycles. The monoisotopic (exact) mass is 589 g/mol. The summed E-state index contributed by atoms with van der Waals surface area (Å²) in [5.41, 5.74) is 2.29. The first-order chi connectivity index (χ1) is 20.1. The molecule has 0 spiro atoms. The van der Waals surface area contributed by atoms with E-state index in [0.29, 0.717) is 11.3 Å². The minimum Gasteiger partial charge on any atom is -0.354 e. The molecule has 1 fully saturated rings. The summed E-state index contributed by atoms with van der Waals surface area (Å²) in [6.07, 6.45) is 3.01. The number of anilines is 2. The highest BCUT2D eigenvalue weighted by molar-refractivity contribution is 7.89. The van der Waals surface area contributed by atoms with Gasteiger partial charge in [0.1, 0.15) is 5.82 Å². The van der Waals surface area contributed by atoms with Crippen molar-refractivity contribution in [1.82, 2.24) is 19.2 Å². The van der Waals surface area contributed by atoms with Gasteiger partial charge in [0.15, 0.2) is 4.90 Å². The molecule has 2 aromatic carbocycles. The number of aryl methyl sites for hydroxylation is 1. The topological polar surface area (TPSA) is 142 Å². The van der Waals surface area contributed by atoms with E-state index in [2.05, 4.69) is 27.1 Å². The van der Waals surface area contributed by atoms with Crippen LogP contribution in [0.15, 0.2) is 78.0 Å². The Kier molecular flexibility index (Phi) is 8.43. The number of hydrogen-bond acceptors (Lipinski definition) is 9. The van der Waals surface area contributed by atoms with Crippen LogP contribution >= 0.6 is 0 Å². The highest BCUT2D eigenvalue weighted by Crippen LogP contribution is 2.28. The predicted octanol–water partition coefficient (Wildman–Crippen LogP) is 3.43. The van der Waals surface area contributed by atoms with E-state index in [1.807, 2.05) is 25.1 Å². The number of nitrogens with zero attached hydrogens (tertiary/aromatic N) is 6. The van der Waals surface area contributed by atoms with Gasteiger partial charge in [-0.05, 0) is 67.6 Å². The fourth-order valence-corrected chi connectivity index (χ4v) is 6.44. The molecule has 0 atom stereocenters. The Morgan fingerprint density at radius 3 is 2.48 bits per heavy atom. The van der Waals surface area contributed by atoms with E-state index in [0.717, 1.165) is 58.8 Å². The maximum Gasteiger partial charge on any atom is 0.289 e. The number of aromatic nitrogens is 2. The molecule has 0 bridgehead atoms. The van der Waals surface area contributed by atoms with Gasteiger partial charge in [-0.15, -0.1) is 0 Å². The third kappa shape index (κ3) is 6.38. The second-order valence-electron chi connectivity index (χ2n) is 10.2. The van der Waals surface area contributed by atoms with Crippen LogP contribution in [-0.2, 0) is 21.4 Å². The number of likely N-dealkylation sites (N-methyl/N-ethyl adjacent to an activating group) is 1. The summed E-state index contributed by atoms with van der Waals surface area (Å²) in [5, 5.41) is 15.3. The number of benzene rings is 2. The molecule has 1 aliphatic heterocycles. The lowest BCUT2D eigenvalue weighted by molar-refractivity contribution is -0.387. The molecular weight excluding hydrogens is 558 g/mol. The van der Waals surface area contributed by atoms with Crippen molar-refractivity contribution in [3.05, 3.63) is 94.3 Å². The molecule has 42 heavy (non-hydrogen) atoms. The van der Waals surface area contributed by atoms with Gasteiger partial charge in [-0.2, -0.15) is 4.31 Å². The highest BCUT2D eigenvalue weighted by atomic mass is 32.2. The first-order valence-corrected chi connectivity index (χ1v) is 14.8. The summed E-state index contributed by atoms with van der Waals surface area (Å²) in [6.45, 7) is 4.98. The smallest absolute Gasteiger partial charge is 0.289 e. The van der Waals surface area contributed by atoms with E-state index >= 15 is 0 Å². The van der Waals surface area contributed by atoms with Gasteiger partial charge in [0.05, 0.1) is 17.0 Å². The molecule has 13 heteroatoms. The zero-order valence-corrected chi connectivity index (χ0v) is 24.1. The van der Waals surface area contributed by atoms with Crippen molar-refractivity contribution in [2.24, 2.45) is 0 Å². The number of hydrogen-bond donors (Lipinski definition) is 1. The van der Waals surface area contributed by atoms with Crippen LogP contribution < -0.4 is 10.2 Å². The quantitative estimate of drug-likeness (QED) is 0.230.